The van der Waals surface area contributed by atoms with Crippen LogP contribution in [0.4, 0.5) is 0 Å². The Hall–Kier alpha value is 0.340. The maximum Gasteiger partial charge on any atom is 0.400 e. The molecular formula is C15H36N2O7P2. The molecule has 0 saturated carbocycles. The average Bonchev–Trinajstić information content (AvgIpc) is 2.39. The summed E-state index contributed by atoms with van der Waals surface area (Å²) in [4.78, 5) is 18.2. The van der Waals surface area contributed by atoms with Crippen LogP contribution in [0, 0.1) is 0 Å². The van der Waals surface area contributed by atoms with Crippen LogP contribution in [0.25, 0.3) is 0 Å². The molecule has 0 saturated heterocycles. The first kappa shape index (κ1) is 26.3. The third kappa shape index (κ3) is 15.4. The first-order valence-corrected chi connectivity index (χ1v) is 11.7. The van der Waals surface area contributed by atoms with Crippen LogP contribution in [0.15, 0.2) is 0 Å². The second kappa shape index (κ2) is 11.4. The van der Waals surface area contributed by atoms with Crippen LogP contribution < -0.4 is 11.0 Å². The zero-order chi connectivity index (χ0) is 20.6. The Morgan fingerprint density at radius 1 is 1.00 bits per heavy atom. The number of hydrogen-bond acceptors (Lipinski definition) is 7. The molecule has 0 aliphatic carbocycles. The van der Waals surface area contributed by atoms with Crippen molar-refractivity contribution in [3.63, 3.8) is 0 Å². The third-order valence-electron chi connectivity index (χ3n) is 3.95. The Bertz CT molecular complexity index is 444. The summed E-state index contributed by atoms with van der Waals surface area (Å²) in [6.45, 7) is 6.89. The molecule has 0 aliphatic rings. The molecule has 0 bridgehead atoms. The second-order valence-corrected chi connectivity index (χ2v) is 9.98. The highest BCUT2D eigenvalue weighted by Crippen LogP contribution is 2.39. The minimum atomic E-state index is -4.06. The summed E-state index contributed by atoms with van der Waals surface area (Å²) in [5, 5.41) is 20.1. The van der Waals surface area contributed by atoms with E-state index in [1.54, 1.807) is 27.7 Å². The lowest BCUT2D eigenvalue weighted by Gasteiger charge is -2.27. The topological polar surface area (TPSA) is 168 Å². The van der Waals surface area contributed by atoms with Crippen molar-refractivity contribution in [2.75, 3.05) is 0 Å². The largest absolute Gasteiger partial charge is 0.400 e. The molecule has 0 spiro atoms. The number of hydrogen-bond donors (Lipinski definition) is 6. The van der Waals surface area contributed by atoms with Gasteiger partial charge in [0.25, 0.3) is 8.53 Å². The van der Waals surface area contributed by atoms with Crippen molar-refractivity contribution in [3.05, 3.63) is 0 Å². The summed E-state index contributed by atoms with van der Waals surface area (Å²) in [6.07, 6.45) is 2.43. The average molecular weight is 418 g/mol. The van der Waals surface area contributed by atoms with Crippen LogP contribution in [0.3, 0.4) is 0 Å². The Morgan fingerprint density at radius 3 is 1.81 bits per heavy atom. The van der Waals surface area contributed by atoms with Gasteiger partial charge in [-0.05, 0) is 72.6 Å². The maximum atomic E-state index is 11.1. The van der Waals surface area contributed by atoms with Crippen molar-refractivity contribution in [1.82, 2.24) is 0 Å². The quantitative estimate of drug-likeness (QED) is 0.232. The summed E-state index contributed by atoms with van der Waals surface area (Å²) >= 11 is 0. The Balaban J connectivity index is 4.00. The molecule has 8 N–H and O–H groups in total. The molecule has 0 rings (SSSR count). The molecule has 0 aliphatic heterocycles. The van der Waals surface area contributed by atoms with Crippen molar-refractivity contribution < 1.29 is 33.6 Å². The molecule has 0 heterocycles. The molecule has 9 nitrogen and oxygen atoms in total. The van der Waals surface area contributed by atoms with E-state index < -0.39 is 39.7 Å². The van der Waals surface area contributed by atoms with Gasteiger partial charge in [-0.3, -0.25) is 10.0 Å². The van der Waals surface area contributed by atoms with Crippen molar-refractivity contribution in [2.24, 2.45) is 11.0 Å². The fourth-order valence-corrected chi connectivity index (χ4v) is 4.00. The molecule has 4 atom stereocenters. The van der Waals surface area contributed by atoms with E-state index in [9.17, 15) is 14.8 Å². The molecule has 0 amide bonds. The zero-order valence-corrected chi connectivity index (χ0v) is 18.0. The predicted molar refractivity (Wildman–Crippen MR) is 102 cm³/mol. The number of rotatable bonds is 14. The molecule has 0 fully saturated rings. The standard InChI is InChI=1S/C15H36N2O7P2/c1-14(2,23-25(16)20)10-8-12(18)6-5-7-13(19)9-11-15(3,4)24-26(17,21)22/h12-13,18-20H,5-11,16H2,1-4H3,(H3,17,21,22). The van der Waals surface area contributed by atoms with Gasteiger partial charge in [-0.15, -0.1) is 0 Å². The summed E-state index contributed by atoms with van der Waals surface area (Å²) in [6, 6.07) is 0. The van der Waals surface area contributed by atoms with E-state index in [0.717, 1.165) is 0 Å². The second-order valence-electron chi connectivity index (χ2n) is 7.88. The van der Waals surface area contributed by atoms with Crippen molar-refractivity contribution in [2.45, 2.75) is 96.1 Å². The minimum Gasteiger partial charge on any atom is -0.393 e. The lowest BCUT2D eigenvalue weighted by molar-refractivity contribution is 0.0536. The SMILES string of the molecule is CC(C)(CCC(O)CCCC(O)CCC(C)(C)OP(N)(=O)O)OP(N)O. The molecule has 0 aromatic carbocycles. The van der Waals surface area contributed by atoms with Crippen molar-refractivity contribution in [1.29, 1.82) is 0 Å². The van der Waals surface area contributed by atoms with E-state index in [1.807, 2.05) is 0 Å². The molecule has 26 heavy (non-hydrogen) atoms. The smallest absolute Gasteiger partial charge is 0.393 e. The van der Waals surface area contributed by atoms with E-state index >= 15 is 0 Å². The van der Waals surface area contributed by atoms with Gasteiger partial charge >= 0.3 is 7.75 Å². The lowest BCUT2D eigenvalue weighted by atomic mass is 9.95. The Kier molecular flexibility index (Phi) is 11.5. The fraction of sp³-hybridized carbons (Fsp3) is 1.00. The van der Waals surface area contributed by atoms with Gasteiger partial charge in [-0.2, -0.15) is 0 Å². The lowest BCUT2D eigenvalue weighted by Crippen LogP contribution is -2.26. The van der Waals surface area contributed by atoms with Crippen LogP contribution in [-0.2, 0) is 13.6 Å². The normalized spacial score (nSPS) is 19.0. The van der Waals surface area contributed by atoms with Gasteiger partial charge in [0.2, 0.25) is 0 Å². The van der Waals surface area contributed by atoms with E-state index in [-0.39, 0.29) is 0 Å². The van der Waals surface area contributed by atoms with Crippen molar-refractivity contribution >= 4 is 16.3 Å². The highest BCUT2D eigenvalue weighted by atomic mass is 31.2. The molecule has 4 unspecified atom stereocenters. The van der Waals surface area contributed by atoms with Crippen LogP contribution in [0.5, 0.6) is 0 Å². The van der Waals surface area contributed by atoms with Gasteiger partial charge in [0, 0.05) is 0 Å². The highest BCUT2D eigenvalue weighted by Gasteiger charge is 2.28. The van der Waals surface area contributed by atoms with Gasteiger partial charge in [0.1, 0.15) is 0 Å². The highest BCUT2D eigenvalue weighted by molar-refractivity contribution is 7.50. The van der Waals surface area contributed by atoms with E-state index in [2.05, 4.69) is 0 Å². The first-order chi connectivity index (χ1) is 11.6. The molecule has 11 heteroatoms. The monoisotopic (exact) mass is 418 g/mol. The van der Waals surface area contributed by atoms with E-state index in [0.29, 0.717) is 44.9 Å². The van der Waals surface area contributed by atoms with Gasteiger partial charge in [0.15, 0.2) is 0 Å². The summed E-state index contributed by atoms with van der Waals surface area (Å²) in [7, 11) is -5.99. The van der Waals surface area contributed by atoms with Crippen LogP contribution >= 0.6 is 16.3 Å². The molecule has 0 aromatic heterocycles. The zero-order valence-electron chi connectivity index (χ0n) is 16.2. The summed E-state index contributed by atoms with van der Waals surface area (Å²) in [5.74, 6) is 0. The van der Waals surface area contributed by atoms with Crippen LogP contribution in [0.1, 0.15) is 72.6 Å². The van der Waals surface area contributed by atoms with Gasteiger partial charge in [-0.25, -0.2) is 10.1 Å². The third-order valence-corrected chi connectivity index (χ3v) is 5.39. The number of nitrogens with two attached hydrogens (primary N) is 2. The molecule has 158 valence electrons. The number of aliphatic hydroxyl groups is 2. The van der Waals surface area contributed by atoms with E-state index in [4.69, 9.17) is 29.8 Å². The molecule has 0 aromatic rings. The maximum absolute atomic E-state index is 11.1. The summed E-state index contributed by atoms with van der Waals surface area (Å²) < 4.78 is 21.2. The van der Waals surface area contributed by atoms with Gasteiger partial charge < -0.3 is 24.5 Å². The fourth-order valence-electron chi connectivity index (χ4n) is 2.60. The molecule has 0 radical (unpaired) electrons. The van der Waals surface area contributed by atoms with Crippen LogP contribution in [-0.4, -0.2) is 43.4 Å². The minimum absolute atomic E-state index is 0.382. The van der Waals surface area contributed by atoms with E-state index in [1.165, 1.54) is 0 Å². The van der Waals surface area contributed by atoms with Crippen molar-refractivity contribution in [3.8, 4) is 0 Å². The predicted octanol–water partition coefficient (Wildman–Crippen LogP) is 2.27. The Morgan fingerprint density at radius 2 is 1.42 bits per heavy atom. The molecular weight excluding hydrogens is 382 g/mol. The van der Waals surface area contributed by atoms with Gasteiger partial charge in [0.05, 0.1) is 23.4 Å². The number of aliphatic hydroxyl groups excluding tert-OH is 2. The van der Waals surface area contributed by atoms with Crippen LogP contribution in [0.2, 0.25) is 0 Å². The first-order valence-electron chi connectivity index (χ1n) is 8.73. The Labute approximate surface area is 157 Å². The van der Waals surface area contributed by atoms with Gasteiger partial charge in [-0.1, -0.05) is 0 Å². The summed E-state index contributed by atoms with van der Waals surface area (Å²) in [5.41, 5.74) is 8.75.